The lowest BCUT2D eigenvalue weighted by molar-refractivity contribution is -0.288. The van der Waals surface area contributed by atoms with E-state index in [2.05, 4.69) is 20.2 Å². The number of hydrogen-bond donors (Lipinski definition) is 0. The van der Waals surface area contributed by atoms with Crippen LogP contribution in [-0.2, 0) is 5.92 Å². The number of aromatic nitrogens is 5. The van der Waals surface area contributed by atoms with Crippen molar-refractivity contribution in [3.05, 3.63) is 42.0 Å². The number of alkyl halides is 5. The Balaban J connectivity index is 1.81. The van der Waals surface area contributed by atoms with Gasteiger partial charge < -0.3 is 4.42 Å². The van der Waals surface area contributed by atoms with Crippen LogP contribution in [0.3, 0.4) is 0 Å². The van der Waals surface area contributed by atoms with Crippen LogP contribution in [0.15, 0.2) is 35.2 Å². The molecule has 1 saturated carbocycles. The third-order valence-corrected chi connectivity index (χ3v) is 5.22. The second-order valence-electron chi connectivity index (χ2n) is 6.96. The van der Waals surface area contributed by atoms with Gasteiger partial charge in [0.05, 0.1) is 0 Å². The van der Waals surface area contributed by atoms with Crippen LogP contribution in [0.2, 0.25) is 0 Å². The molecule has 5 rings (SSSR count). The molecule has 0 aromatic carbocycles. The standard InChI is InChI=1S/C18H12F5N5O/c19-17(20,18(21,22)23)11-6-12(9-2-1-3-9)26-15-10(11)4-5-14-25-13(7-28(14)15)16-27-24-8-29-16/h4-9H,1-3H2. The number of rotatable bonds is 3. The maximum atomic E-state index is 14.4. The average molecular weight is 409 g/mol. The second-order valence-corrected chi connectivity index (χ2v) is 6.96. The van der Waals surface area contributed by atoms with Crippen LogP contribution in [0, 0.1) is 0 Å². The summed E-state index contributed by atoms with van der Waals surface area (Å²) in [5.74, 6) is -5.06. The fraction of sp³-hybridized carbons (Fsp3) is 0.333. The Bertz CT molecular complexity index is 1210. The molecule has 0 radical (unpaired) electrons. The third-order valence-electron chi connectivity index (χ3n) is 5.22. The Morgan fingerprint density at radius 2 is 1.86 bits per heavy atom. The van der Waals surface area contributed by atoms with E-state index in [9.17, 15) is 22.0 Å². The first kappa shape index (κ1) is 18.0. The largest absolute Gasteiger partial charge is 0.458 e. The number of halogens is 5. The molecule has 0 unspecified atom stereocenters. The zero-order valence-electron chi connectivity index (χ0n) is 14.6. The predicted molar refractivity (Wildman–Crippen MR) is 90.3 cm³/mol. The van der Waals surface area contributed by atoms with Gasteiger partial charge in [0.25, 0.3) is 5.89 Å². The summed E-state index contributed by atoms with van der Waals surface area (Å²) in [6.07, 6.45) is -0.918. The van der Waals surface area contributed by atoms with Gasteiger partial charge in [-0.3, -0.25) is 4.40 Å². The number of nitrogens with zero attached hydrogens (tertiary/aromatic N) is 5. The van der Waals surface area contributed by atoms with E-state index in [1.165, 1.54) is 22.7 Å². The molecule has 0 amide bonds. The van der Waals surface area contributed by atoms with Crippen molar-refractivity contribution in [2.24, 2.45) is 0 Å². The third kappa shape index (κ3) is 2.67. The van der Waals surface area contributed by atoms with Crippen LogP contribution in [0.5, 0.6) is 0 Å². The minimum atomic E-state index is -5.73. The van der Waals surface area contributed by atoms with Gasteiger partial charge in [-0.2, -0.15) is 22.0 Å². The maximum absolute atomic E-state index is 14.4. The van der Waals surface area contributed by atoms with Gasteiger partial charge in [-0.1, -0.05) is 6.42 Å². The monoisotopic (exact) mass is 409 g/mol. The van der Waals surface area contributed by atoms with E-state index in [0.29, 0.717) is 18.5 Å². The van der Waals surface area contributed by atoms with Crippen molar-refractivity contribution in [1.82, 2.24) is 24.6 Å². The molecule has 0 spiro atoms. The topological polar surface area (TPSA) is 69.1 Å². The van der Waals surface area contributed by atoms with E-state index >= 15 is 0 Å². The fourth-order valence-corrected chi connectivity index (χ4v) is 3.46. The molecule has 4 aromatic rings. The molecule has 4 heterocycles. The Hall–Kier alpha value is -3.11. The SMILES string of the molecule is FC(F)(F)C(F)(F)c1cc(C2CCC2)nc2c1ccc1nc(-c3nnco3)cn12. The summed E-state index contributed by atoms with van der Waals surface area (Å²) in [4.78, 5) is 8.70. The zero-order chi connectivity index (χ0) is 20.4. The van der Waals surface area contributed by atoms with Crippen LogP contribution in [0.25, 0.3) is 28.3 Å². The Morgan fingerprint density at radius 1 is 1.07 bits per heavy atom. The number of fused-ring (bicyclic) bond motifs is 3. The molecule has 1 aliphatic carbocycles. The van der Waals surface area contributed by atoms with E-state index < -0.39 is 17.7 Å². The van der Waals surface area contributed by atoms with Crippen molar-refractivity contribution in [2.45, 2.75) is 37.3 Å². The van der Waals surface area contributed by atoms with Crippen molar-refractivity contribution >= 4 is 16.7 Å². The van der Waals surface area contributed by atoms with Crippen LogP contribution >= 0.6 is 0 Å². The van der Waals surface area contributed by atoms with Gasteiger partial charge >= 0.3 is 12.1 Å². The molecule has 1 aliphatic rings. The molecular weight excluding hydrogens is 397 g/mol. The molecule has 0 aliphatic heterocycles. The zero-order valence-corrected chi connectivity index (χ0v) is 14.6. The normalized spacial score (nSPS) is 15.9. The summed E-state index contributed by atoms with van der Waals surface area (Å²) in [5.41, 5.74) is -0.334. The van der Waals surface area contributed by atoms with Crippen molar-refractivity contribution in [3.63, 3.8) is 0 Å². The quantitative estimate of drug-likeness (QED) is 0.453. The summed E-state index contributed by atoms with van der Waals surface area (Å²) in [5, 5.41) is 7.00. The van der Waals surface area contributed by atoms with E-state index in [4.69, 9.17) is 4.42 Å². The van der Waals surface area contributed by atoms with E-state index in [1.54, 1.807) is 0 Å². The Kier molecular flexibility index (Phi) is 3.68. The fourth-order valence-electron chi connectivity index (χ4n) is 3.46. The van der Waals surface area contributed by atoms with Gasteiger partial charge in [0.15, 0.2) is 0 Å². The molecule has 0 atom stereocenters. The first-order chi connectivity index (χ1) is 13.8. The van der Waals surface area contributed by atoms with Crippen molar-refractivity contribution < 1.29 is 26.4 Å². The summed E-state index contributed by atoms with van der Waals surface area (Å²) in [7, 11) is 0. The molecule has 0 N–H and O–H groups in total. The molecule has 150 valence electrons. The van der Waals surface area contributed by atoms with Gasteiger partial charge in [-0.25, -0.2) is 9.97 Å². The highest BCUT2D eigenvalue weighted by Gasteiger charge is 2.59. The Labute approximate surface area is 159 Å². The lowest BCUT2D eigenvalue weighted by Gasteiger charge is -2.27. The van der Waals surface area contributed by atoms with Crippen LogP contribution < -0.4 is 0 Å². The molecular formula is C18H12F5N5O. The second kappa shape index (κ2) is 5.94. The maximum Gasteiger partial charge on any atom is 0.458 e. The minimum Gasteiger partial charge on any atom is -0.422 e. The average Bonchev–Trinajstić information content (AvgIpc) is 3.27. The van der Waals surface area contributed by atoms with Crippen molar-refractivity contribution in [1.29, 1.82) is 0 Å². The number of hydrogen-bond acceptors (Lipinski definition) is 5. The van der Waals surface area contributed by atoms with Gasteiger partial charge in [0.1, 0.15) is 17.0 Å². The van der Waals surface area contributed by atoms with Crippen molar-refractivity contribution in [2.75, 3.05) is 0 Å². The molecule has 6 nitrogen and oxygen atoms in total. The molecule has 29 heavy (non-hydrogen) atoms. The molecule has 4 aromatic heterocycles. The highest BCUT2D eigenvalue weighted by Crippen LogP contribution is 2.47. The molecule has 1 fully saturated rings. The van der Waals surface area contributed by atoms with E-state index in [-0.39, 0.29) is 34.2 Å². The van der Waals surface area contributed by atoms with Crippen LogP contribution in [-0.4, -0.2) is 30.7 Å². The number of pyridine rings is 2. The van der Waals surface area contributed by atoms with Crippen LogP contribution in [0.4, 0.5) is 22.0 Å². The smallest absolute Gasteiger partial charge is 0.422 e. The summed E-state index contributed by atoms with van der Waals surface area (Å²) in [6.45, 7) is 0. The van der Waals surface area contributed by atoms with E-state index in [0.717, 1.165) is 18.9 Å². The predicted octanol–water partition coefficient (Wildman–Crippen LogP) is 4.85. The van der Waals surface area contributed by atoms with Gasteiger partial charge in [-0.15, -0.1) is 10.2 Å². The minimum absolute atomic E-state index is 0.0240. The number of imidazole rings is 1. The lowest BCUT2D eigenvalue weighted by Crippen LogP contribution is -2.34. The summed E-state index contributed by atoms with van der Waals surface area (Å²) >= 11 is 0. The highest BCUT2D eigenvalue weighted by atomic mass is 19.4. The lowest BCUT2D eigenvalue weighted by atomic mass is 9.82. The van der Waals surface area contributed by atoms with Crippen molar-refractivity contribution in [3.8, 4) is 11.6 Å². The van der Waals surface area contributed by atoms with E-state index in [1.807, 2.05) is 0 Å². The van der Waals surface area contributed by atoms with Gasteiger partial charge in [0.2, 0.25) is 6.39 Å². The first-order valence-electron chi connectivity index (χ1n) is 8.80. The highest BCUT2D eigenvalue weighted by molar-refractivity contribution is 5.84. The molecule has 11 heteroatoms. The van der Waals surface area contributed by atoms with Gasteiger partial charge in [0, 0.05) is 28.8 Å². The Morgan fingerprint density at radius 3 is 2.48 bits per heavy atom. The first-order valence-corrected chi connectivity index (χ1v) is 8.80. The summed E-state index contributed by atoms with van der Waals surface area (Å²) < 4.78 is 74.7. The van der Waals surface area contributed by atoms with Gasteiger partial charge in [-0.05, 0) is 31.0 Å². The molecule has 0 bridgehead atoms. The van der Waals surface area contributed by atoms with Crippen LogP contribution in [0.1, 0.15) is 36.4 Å². The molecule has 0 saturated heterocycles. The summed E-state index contributed by atoms with van der Waals surface area (Å²) in [6, 6.07) is 3.42.